The molecule has 2 N–H and O–H groups in total. The van der Waals surface area contributed by atoms with E-state index in [9.17, 15) is 13.5 Å². The molecule has 1 unspecified atom stereocenters. The van der Waals surface area contributed by atoms with Crippen molar-refractivity contribution in [1.82, 2.24) is 9.03 Å². The third-order valence-electron chi connectivity index (χ3n) is 3.76. The molecule has 0 bridgehead atoms. The fraction of sp³-hybridized carbons (Fsp3) is 1.00. The first kappa shape index (κ1) is 13.3. The standard InChI is InChI=1S/C11H22N2O3S/c14-9-11-7-3-4-8-13(11)17(15,16)12-10-5-1-2-6-10/h10-12,14H,1-9H2. The van der Waals surface area contributed by atoms with Crippen LogP contribution in [0.2, 0.25) is 0 Å². The molecule has 1 saturated carbocycles. The molecule has 1 heterocycles. The highest BCUT2D eigenvalue weighted by molar-refractivity contribution is 7.87. The van der Waals surface area contributed by atoms with Gasteiger partial charge in [-0.2, -0.15) is 17.4 Å². The first-order valence-electron chi connectivity index (χ1n) is 6.53. The van der Waals surface area contributed by atoms with Gasteiger partial charge in [0.1, 0.15) is 0 Å². The largest absolute Gasteiger partial charge is 0.395 e. The van der Waals surface area contributed by atoms with Crippen LogP contribution in [0.3, 0.4) is 0 Å². The van der Waals surface area contributed by atoms with Gasteiger partial charge >= 0.3 is 0 Å². The second-order valence-corrected chi connectivity index (χ2v) is 6.70. The normalized spacial score (nSPS) is 28.6. The predicted molar refractivity (Wildman–Crippen MR) is 65.7 cm³/mol. The van der Waals surface area contributed by atoms with E-state index in [4.69, 9.17) is 0 Å². The van der Waals surface area contributed by atoms with E-state index in [0.717, 1.165) is 44.9 Å². The molecule has 1 aliphatic carbocycles. The molecule has 1 atom stereocenters. The number of nitrogens with zero attached hydrogens (tertiary/aromatic N) is 1. The molecule has 6 heteroatoms. The first-order valence-corrected chi connectivity index (χ1v) is 7.97. The maximum absolute atomic E-state index is 12.2. The second kappa shape index (κ2) is 5.65. The zero-order valence-corrected chi connectivity index (χ0v) is 11.0. The van der Waals surface area contributed by atoms with Crippen molar-refractivity contribution < 1.29 is 13.5 Å². The summed E-state index contributed by atoms with van der Waals surface area (Å²) in [5.41, 5.74) is 0. The average Bonchev–Trinajstić information content (AvgIpc) is 2.81. The van der Waals surface area contributed by atoms with Gasteiger partial charge in [-0.15, -0.1) is 0 Å². The van der Waals surface area contributed by atoms with Crippen molar-refractivity contribution in [3.63, 3.8) is 0 Å². The quantitative estimate of drug-likeness (QED) is 0.780. The van der Waals surface area contributed by atoms with Crippen molar-refractivity contribution in [2.45, 2.75) is 57.0 Å². The van der Waals surface area contributed by atoms with Gasteiger partial charge in [0, 0.05) is 18.6 Å². The van der Waals surface area contributed by atoms with Gasteiger partial charge < -0.3 is 5.11 Å². The molecule has 0 aromatic carbocycles. The van der Waals surface area contributed by atoms with Gasteiger partial charge in [-0.05, 0) is 25.7 Å². The van der Waals surface area contributed by atoms with Crippen molar-refractivity contribution in [3.05, 3.63) is 0 Å². The molecule has 100 valence electrons. The van der Waals surface area contributed by atoms with E-state index >= 15 is 0 Å². The monoisotopic (exact) mass is 262 g/mol. The Hall–Kier alpha value is -0.170. The van der Waals surface area contributed by atoms with Crippen LogP contribution >= 0.6 is 0 Å². The number of aliphatic hydroxyl groups excluding tert-OH is 1. The van der Waals surface area contributed by atoms with Crippen LogP contribution in [0.4, 0.5) is 0 Å². The topological polar surface area (TPSA) is 69.6 Å². The molecular weight excluding hydrogens is 240 g/mol. The summed E-state index contributed by atoms with van der Waals surface area (Å²) in [4.78, 5) is 0. The van der Waals surface area contributed by atoms with Gasteiger partial charge in [0.15, 0.2) is 0 Å². The van der Waals surface area contributed by atoms with Crippen LogP contribution < -0.4 is 4.72 Å². The van der Waals surface area contributed by atoms with E-state index < -0.39 is 10.2 Å². The smallest absolute Gasteiger partial charge is 0.280 e. The Morgan fingerprint density at radius 2 is 1.76 bits per heavy atom. The van der Waals surface area contributed by atoms with Crippen LogP contribution in [0.5, 0.6) is 0 Å². The number of hydrogen-bond acceptors (Lipinski definition) is 3. The summed E-state index contributed by atoms with van der Waals surface area (Å²) in [7, 11) is -3.40. The molecule has 0 radical (unpaired) electrons. The number of nitrogens with one attached hydrogen (secondary N) is 1. The molecule has 0 spiro atoms. The van der Waals surface area contributed by atoms with Crippen LogP contribution in [0.1, 0.15) is 44.9 Å². The molecule has 0 amide bonds. The Labute approximate surface area is 103 Å². The second-order valence-electron chi connectivity index (χ2n) is 5.05. The lowest BCUT2D eigenvalue weighted by molar-refractivity contribution is 0.153. The summed E-state index contributed by atoms with van der Waals surface area (Å²) in [6, 6.07) is -0.135. The Morgan fingerprint density at radius 3 is 2.41 bits per heavy atom. The summed E-state index contributed by atoms with van der Waals surface area (Å²) in [5, 5.41) is 9.25. The lowest BCUT2D eigenvalue weighted by atomic mass is 10.1. The maximum Gasteiger partial charge on any atom is 0.280 e. The van der Waals surface area contributed by atoms with Gasteiger partial charge in [0.2, 0.25) is 0 Å². The third-order valence-corrected chi connectivity index (χ3v) is 5.49. The SMILES string of the molecule is O=S(=O)(NC1CCCC1)N1CCCCC1CO. The highest BCUT2D eigenvalue weighted by atomic mass is 32.2. The third kappa shape index (κ3) is 3.19. The van der Waals surface area contributed by atoms with Crippen molar-refractivity contribution in [2.75, 3.05) is 13.2 Å². The van der Waals surface area contributed by atoms with E-state index in [1.54, 1.807) is 0 Å². The highest BCUT2D eigenvalue weighted by Gasteiger charge is 2.33. The molecular formula is C11H22N2O3S. The van der Waals surface area contributed by atoms with Crippen LogP contribution in [0, 0.1) is 0 Å². The predicted octanol–water partition coefficient (Wildman–Crippen LogP) is 0.610. The molecule has 1 saturated heterocycles. The summed E-state index contributed by atoms with van der Waals surface area (Å²) in [6.45, 7) is 0.457. The summed E-state index contributed by atoms with van der Waals surface area (Å²) >= 11 is 0. The molecule has 17 heavy (non-hydrogen) atoms. The van der Waals surface area contributed by atoms with Crippen LogP contribution in [0.25, 0.3) is 0 Å². The van der Waals surface area contributed by atoms with Gasteiger partial charge in [-0.3, -0.25) is 0 Å². The van der Waals surface area contributed by atoms with Gasteiger partial charge in [-0.25, -0.2) is 0 Å². The van der Waals surface area contributed by atoms with E-state index in [2.05, 4.69) is 4.72 Å². The van der Waals surface area contributed by atoms with E-state index in [-0.39, 0.29) is 18.7 Å². The van der Waals surface area contributed by atoms with Gasteiger partial charge in [0.05, 0.1) is 6.61 Å². The zero-order valence-electron chi connectivity index (χ0n) is 10.1. The molecule has 2 rings (SSSR count). The van der Waals surface area contributed by atoms with E-state index in [0.29, 0.717) is 6.54 Å². The Bertz CT molecular complexity index is 339. The molecule has 2 aliphatic rings. The molecule has 5 nitrogen and oxygen atoms in total. The van der Waals surface area contributed by atoms with E-state index in [1.165, 1.54) is 4.31 Å². The number of hydrogen-bond donors (Lipinski definition) is 2. The van der Waals surface area contributed by atoms with Gasteiger partial charge in [0.25, 0.3) is 10.2 Å². The Balaban J connectivity index is 2.01. The van der Waals surface area contributed by atoms with Crippen LogP contribution in [0.15, 0.2) is 0 Å². The van der Waals surface area contributed by atoms with Crippen molar-refractivity contribution in [1.29, 1.82) is 0 Å². The fourth-order valence-corrected chi connectivity index (χ4v) is 4.52. The summed E-state index contributed by atoms with van der Waals surface area (Å²) in [5.74, 6) is 0. The fourth-order valence-electron chi connectivity index (χ4n) is 2.79. The average molecular weight is 262 g/mol. The number of piperidine rings is 1. The minimum atomic E-state index is -3.40. The maximum atomic E-state index is 12.2. The first-order chi connectivity index (χ1) is 8.13. The number of aliphatic hydroxyl groups is 1. The minimum Gasteiger partial charge on any atom is -0.395 e. The van der Waals surface area contributed by atoms with Gasteiger partial charge in [-0.1, -0.05) is 19.3 Å². The molecule has 2 fully saturated rings. The molecule has 0 aromatic rings. The zero-order chi connectivity index (χ0) is 12.3. The molecule has 1 aliphatic heterocycles. The summed E-state index contributed by atoms with van der Waals surface area (Å²) < 4.78 is 28.7. The van der Waals surface area contributed by atoms with Crippen molar-refractivity contribution in [2.24, 2.45) is 0 Å². The summed E-state index contributed by atoms with van der Waals surface area (Å²) in [6.07, 6.45) is 6.76. The van der Waals surface area contributed by atoms with Crippen LogP contribution in [-0.2, 0) is 10.2 Å². The minimum absolute atomic E-state index is 0.0778. The van der Waals surface area contributed by atoms with Crippen molar-refractivity contribution >= 4 is 10.2 Å². The van der Waals surface area contributed by atoms with Crippen LogP contribution in [-0.4, -0.2) is 43.1 Å². The molecule has 0 aromatic heterocycles. The lowest BCUT2D eigenvalue weighted by Crippen LogP contribution is -2.52. The Kier molecular flexibility index (Phi) is 4.41. The lowest BCUT2D eigenvalue weighted by Gasteiger charge is -2.34. The Morgan fingerprint density at radius 1 is 1.12 bits per heavy atom. The van der Waals surface area contributed by atoms with E-state index in [1.807, 2.05) is 0 Å². The number of rotatable bonds is 4. The van der Waals surface area contributed by atoms with Crippen molar-refractivity contribution in [3.8, 4) is 0 Å². The highest BCUT2D eigenvalue weighted by Crippen LogP contribution is 2.23.